The Balaban J connectivity index is 1.13. The molecule has 0 radical (unpaired) electrons. The molecule has 14 rings (SSSR count). The van der Waals surface area contributed by atoms with Crippen molar-refractivity contribution in [3.63, 3.8) is 0 Å². The monoisotopic (exact) mass is 1020 g/mol. The number of aromatic nitrogens is 2. The molecule has 5 heteroatoms. The van der Waals surface area contributed by atoms with Crippen LogP contribution in [0.5, 0.6) is 0 Å². The van der Waals surface area contributed by atoms with E-state index in [1.807, 2.05) is 6.20 Å². The van der Waals surface area contributed by atoms with Gasteiger partial charge in [-0.3, -0.25) is 9.80 Å². The first-order valence-electron chi connectivity index (χ1n) is 27.9. The molecule has 386 valence electrons. The summed E-state index contributed by atoms with van der Waals surface area (Å²) in [5, 5.41) is 6.95. The van der Waals surface area contributed by atoms with E-state index in [1.165, 1.54) is 82.7 Å². The topological polar surface area (TPSA) is 45.4 Å². The summed E-state index contributed by atoms with van der Waals surface area (Å²) >= 11 is 0. The third kappa shape index (κ3) is 7.35. The molecule has 0 saturated carbocycles. The highest BCUT2D eigenvalue weighted by Crippen LogP contribution is 2.68. The lowest BCUT2D eigenvalue weighted by molar-refractivity contribution is 0.587. The molecule has 0 N–H and O–H groups in total. The summed E-state index contributed by atoms with van der Waals surface area (Å²) in [6.45, 7) is 22.5. The highest BCUT2D eigenvalue weighted by atomic mass is 16.3. The minimum atomic E-state index is -0.755. The first-order valence-corrected chi connectivity index (χ1v) is 27.9. The van der Waals surface area contributed by atoms with Crippen molar-refractivity contribution in [2.24, 2.45) is 0 Å². The fourth-order valence-corrected chi connectivity index (χ4v) is 13.1. The second-order valence-electron chi connectivity index (χ2n) is 25.1. The second kappa shape index (κ2) is 17.4. The number of aryl methyl sites for hydroxylation is 1. The lowest BCUT2D eigenvalue weighted by Gasteiger charge is -2.33. The zero-order chi connectivity index (χ0) is 54.3. The van der Waals surface area contributed by atoms with Crippen molar-refractivity contribution in [2.45, 2.75) is 90.9 Å². The van der Waals surface area contributed by atoms with Gasteiger partial charge in [-0.25, -0.2) is 9.97 Å². The molecule has 0 unspecified atom stereocenters. The van der Waals surface area contributed by atoms with Crippen molar-refractivity contribution in [1.29, 1.82) is 0 Å². The maximum Gasteiger partial charge on any atom is 0.160 e. The fraction of sp³-hybridized carbons (Fsp3) is 0.189. The Morgan fingerprint density at radius 1 is 0.405 bits per heavy atom. The number of pyridine rings is 2. The van der Waals surface area contributed by atoms with Crippen LogP contribution in [0.1, 0.15) is 107 Å². The van der Waals surface area contributed by atoms with Crippen LogP contribution in [-0.2, 0) is 21.7 Å². The molecule has 5 nitrogen and oxygen atoms in total. The van der Waals surface area contributed by atoms with E-state index in [-0.39, 0.29) is 16.2 Å². The van der Waals surface area contributed by atoms with E-state index >= 15 is 0 Å². The van der Waals surface area contributed by atoms with Crippen LogP contribution in [0, 0.1) is 6.92 Å². The Bertz CT molecular complexity index is 4310. The van der Waals surface area contributed by atoms with Crippen LogP contribution >= 0.6 is 0 Å². The van der Waals surface area contributed by atoms with E-state index in [0.717, 1.165) is 61.9 Å². The van der Waals surface area contributed by atoms with Crippen LogP contribution in [0.4, 0.5) is 34.4 Å². The number of rotatable bonds is 6. The Morgan fingerprint density at radius 3 is 1.52 bits per heavy atom. The van der Waals surface area contributed by atoms with Gasteiger partial charge in [0.15, 0.2) is 5.58 Å². The van der Waals surface area contributed by atoms with Gasteiger partial charge in [0, 0.05) is 40.2 Å². The van der Waals surface area contributed by atoms with E-state index in [4.69, 9.17) is 14.4 Å². The molecule has 9 aromatic carbocycles. The van der Waals surface area contributed by atoms with Crippen molar-refractivity contribution in [3.05, 3.63) is 251 Å². The van der Waals surface area contributed by atoms with Gasteiger partial charge < -0.3 is 4.42 Å². The van der Waals surface area contributed by atoms with Gasteiger partial charge in [-0.15, -0.1) is 0 Å². The number of hydrogen-bond acceptors (Lipinski definition) is 5. The molecule has 0 fully saturated rings. The molecule has 0 bridgehead atoms. The summed E-state index contributed by atoms with van der Waals surface area (Å²) in [5.41, 5.74) is 19.7. The Morgan fingerprint density at radius 2 is 0.924 bits per heavy atom. The van der Waals surface area contributed by atoms with Gasteiger partial charge >= 0.3 is 0 Å². The first kappa shape index (κ1) is 48.6. The number of nitrogens with zero attached hydrogens (tertiary/aromatic N) is 4. The van der Waals surface area contributed by atoms with Gasteiger partial charge in [0.25, 0.3) is 0 Å². The minimum absolute atomic E-state index is 0.0123. The number of hydrogen-bond donors (Lipinski definition) is 0. The Labute approximate surface area is 463 Å². The summed E-state index contributed by atoms with van der Waals surface area (Å²) < 4.78 is 7.37. The lowest BCUT2D eigenvalue weighted by Crippen LogP contribution is -2.26. The zero-order valence-corrected chi connectivity index (χ0v) is 46.8. The predicted molar refractivity (Wildman–Crippen MR) is 331 cm³/mol. The molecule has 3 heterocycles. The zero-order valence-electron chi connectivity index (χ0n) is 46.8. The standard InChI is InChI=1S/C74H64N4O/c1-45-27-39-64(75-43-45)77(49-33-28-46(29-34-49)71(2,3)4)51-37-38-56-58(41-51)52-19-11-12-22-55(52)66-68-61(74(69(56)66)59-24-16-13-20-53(59)54-21-14-17-25-60(54)74)42-62(70-67(68)57-23-15-18-26-63(57)79-70)78(50-35-30-47(31-36-50)72(5,6)7)65-40-32-48(44-76-65)73(8,9)10/h11-44H,1-10H3. The smallest absolute Gasteiger partial charge is 0.160 e. The van der Waals surface area contributed by atoms with Crippen LogP contribution in [0.25, 0.3) is 65.7 Å². The average Bonchev–Trinajstić information content (AvgIpc) is 4.24. The number of para-hydroxylation sites is 1. The van der Waals surface area contributed by atoms with E-state index < -0.39 is 5.41 Å². The Hall–Kier alpha value is -8.80. The molecule has 12 aromatic rings. The van der Waals surface area contributed by atoms with E-state index in [2.05, 4.69) is 279 Å². The van der Waals surface area contributed by atoms with E-state index in [1.54, 1.807) is 0 Å². The highest BCUT2D eigenvalue weighted by Gasteiger charge is 2.54. The van der Waals surface area contributed by atoms with Crippen molar-refractivity contribution in [3.8, 4) is 22.3 Å². The molecule has 0 amide bonds. The largest absolute Gasteiger partial charge is 0.454 e. The third-order valence-electron chi connectivity index (χ3n) is 17.1. The summed E-state index contributed by atoms with van der Waals surface area (Å²) in [5.74, 6) is 1.68. The fourth-order valence-electron chi connectivity index (χ4n) is 13.1. The molecule has 0 saturated heterocycles. The maximum absolute atomic E-state index is 7.37. The molecule has 2 aliphatic carbocycles. The van der Waals surface area contributed by atoms with Gasteiger partial charge in [0.1, 0.15) is 17.2 Å². The molecular formula is C74H64N4O. The van der Waals surface area contributed by atoms with Crippen molar-refractivity contribution >= 4 is 77.9 Å². The highest BCUT2D eigenvalue weighted by molar-refractivity contribution is 6.27. The normalized spacial score (nSPS) is 13.5. The Kier molecular flexibility index (Phi) is 10.7. The number of benzene rings is 9. The summed E-state index contributed by atoms with van der Waals surface area (Å²) in [7, 11) is 0. The van der Waals surface area contributed by atoms with E-state index in [0.29, 0.717) is 0 Å². The SMILES string of the molecule is Cc1ccc(N(c2ccc(C(C)(C)C)cc2)c2ccc3c4c(c5ccccc5c3c2)-c2c(cc(N(c3ccc(C(C)(C)C)cc3)c3ccc(C(C)(C)C)cn3)c3oc5ccccc5c23)C42c3ccccc3-c3ccccc32)nc1. The number of fused-ring (bicyclic) bond motifs is 19. The van der Waals surface area contributed by atoms with Crippen LogP contribution in [-0.4, -0.2) is 9.97 Å². The van der Waals surface area contributed by atoms with Gasteiger partial charge in [0.05, 0.1) is 11.1 Å². The predicted octanol–water partition coefficient (Wildman–Crippen LogP) is 20.2. The van der Waals surface area contributed by atoms with Crippen LogP contribution in [0.2, 0.25) is 0 Å². The third-order valence-corrected chi connectivity index (χ3v) is 17.1. The minimum Gasteiger partial charge on any atom is -0.454 e. The van der Waals surface area contributed by atoms with Gasteiger partial charge in [0.2, 0.25) is 0 Å². The van der Waals surface area contributed by atoms with Crippen molar-refractivity contribution in [2.75, 3.05) is 9.80 Å². The van der Waals surface area contributed by atoms with Gasteiger partial charge in [-0.05, 0) is 172 Å². The summed E-state index contributed by atoms with van der Waals surface area (Å²) in [6.07, 6.45) is 4.03. The molecule has 1 spiro atoms. The van der Waals surface area contributed by atoms with Crippen LogP contribution in [0.3, 0.4) is 0 Å². The summed E-state index contributed by atoms with van der Waals surface area (Å²) in [6, 6.07) is 72.5. The molecule has 0 aliphatic heterocycles. The van der Waals surface area contributed by atoms with Crippen LogP contribution in [0.15, 0.2) is 211 Å². The van der Waals surface area contributed by atoms with Gasteiger partial charge in [-0.2, -0.15) is 0 Å². The van der Waals surface area contributed by atoms with Crippen LogP contribution < -0.4 is 9.80 Å². The number of anilines is 6. The lowest BCUT2D eigenvalue weighted by atomic mass is 9.69. The van der Waals surface area contributed by atoms with Crippen molar-refractivity contribution < 1.29 is 4.42 Å². The molecular weight excluding hydrogens is 961 g/mol. The molecule has 79 heavy (non-hydrogen) atoms. The molecule has 3 aromatic heterocycles. The number of furan rings is 1. The average molecular weight is 1030 g/mol. The quantitative estimate of drug-likeness (QED) is 0.155. The van der Waals surface area contributed by atoms with E-state index in [9.17, 15) is 0 Å². The van der Waals surface area contributed by atoms with Gasteiger partial charge in [-0.1, -0.05) is 196 Å². The maximum atomic E-state index is 7.37. The molecule has 0 atom stereocenters. The second-order valence-corrected chi connectivity index (χ2v) is 25.1. The summed E-state index contributed by atoms with van der Waals surface area (Å²) in [4.78, 5) is 15.1. The van der Waals surface area contributed by atoms with Crippen molar-refractivity contribution in [1.82, 2.24) is 9.97 Å². The molecule has 2 aliphatic rings. The first-order chi connectivity index (χ1) is 38.0.